The van der Waals surface area contributed by atoms with Gasteiger partial charge in [-0.25, -0.2) is 0 Å². The average Bonchev–Trinajstić information content (AvgIpc) is 3.20. The Labute approximate surface area is 117 Å². The van der Waals surface area contributed by atoms with Gasteiger partial charge in [-0.3, -0.25) is 4.79 Å². The van der Waals surface area contributed by atoms with Gasteiger partial charge in [-0.2, -0.15) is 0 Å². The third-order valence-electron chi connectivity index (χ3n) is 4.17. The first-order valence-corrected chi connectivity index (χ1v) is 7.09. The van der Waals surface area contributed by atoms with Gasteiger partial charge in [-0.15, -0.1) is 0 Å². The fourth-order valence-electron chi connectivity index (χ4n) is 2.86. The van der Waals surface area contributed by atoms with Crippen LogP contribution in [0.3, 0.4) is 0 Å². The van der Waals surface area contributed by atoms with Gasteiger partial charge in [0.1, 0.15) is 0 Å². The van der Waals surface area contributed by atoms with Crippen molar-refractivity contribution in [2.45, 2.75) is 38.1 Å². The number of hydrogen-bond donors (Lipinski definition) is 3. The summed E-state index contributed by atoms with van der Waals surface area (Å²) in [5.41, 5.74) is 8.93. The molecule has 1 saturated carbocycles. The first kappa shape index (κ1) is 13.0. The number of oxime groups is 1. The number of nitrogens with zero attached hydrogens (tertiary/aromatic N) is 1. The Kier molecular flexibility index (Phi) is 3.34. The molecule has 0 heterocycles. The number of nitrogens with two attached hydrogens (primary N) is 1. The molecular formula is C15H19N3O2. The van der Waals surface area contributed by atoms with Crippen molar-refractivity contribution in [3.05, 3.63) is 34.9 Å². The van der Waals surface area contributed by atoms with Crippen LogP contribution in [0.4, 0.5) is 0 Å². The molecular weight excluding hydrogens is 254 g/mol. The number of nitrogens with one attached hydrogen (secondary N) is 1. The van der Waals surface area contributed by atoms with Gasteiger partial charge in [0.2, 0.25) is 0 Å². The average molecular weight is 273 g/mol. The zero-order valence-corrected chi connectivity index (χ0v) is 11.3. The lowest BCUT2D eigenvalue weighted by atomic mass is 10.0. The first-order valence-electron chi connectivity index (χ1n) is 7.09. The number of rotatable bonds is 4. The summed E-state index contributed by atoms with van der Waals surface area (Å²) in [6.07, 6.45) is 5.32. The highest BCUT2D eigenvalue weighted by Crippen LogP contribution is 2.33. The van der Waals surface area contributed by atoms with E-state index in [-0.39, 0.29) is 17.8 Å². The molecule has 1 unspecified atom stereocenters. The number of amides is 1. The molecule has 2 aliphatic carbocycles. The monoisotopic (exact) mass is 273 g/mol. The predicted molar refractivity (Wildman–Crippen MR) is 75.9 cm³/mol. The largest absolute Gasteiger partial charge is 0.409 e. The van der Waals surface area contributed by atoms with Crippen LogP contribution in [0.1, 0.15) is 40.7 Å². The minimum atomic E-state index is -0.360. The summed E-state index contributed by atoms with van der Waals surface area (Å²) in [6, 6.07) is 5.50. The van der Waals surface area contributed by atoms with E-state index in [1.807, 2.05) is 18.2 Å². The van der Waals surface area contributed by atoms with E-state index in [2.05, 4.69) is 10.5 Å². The van der Waals surface area contributed by atoms with Crippen LogP contribution >= 0.6 is 0 Å². The second-order valence-corrected chi connectivity index (χ2v) is 5.65. The zero-order chi connectivity index (χ0) is 14.1. The maximum absolute atomic E-state index is 12.3. The molecule has 20 heavy (non-hydrogen) atoms. The van der Waals surface area contributed by atoms with Crippen molar-refractivity contribution in [3.63, 3.8) is 0 Å². The van der Waals surface area contributed by atoms with E-state index in [0.717, 1.165) is 32.1 Å². The third kappa shape index (κ3) is 2.48. The fraction of sp³-hybridized carbons (Fsp3) is 0.467. The molecule has 1 atom stereocenters. The van der Waals surface area contributed by atoms with Gasteiger partial charge in [0.15, 0.2) is 5.84 Å². The van der Waals surface area contributed by atoms with Crippen LogP contribution in [0, 0.1) is 5.92 Å². The molecule has 5 heteroatoms. The smallest absolute Gasteiger partial charge is 0.251 e. The molecule has 3 rings (SSSR count). The van der Waals surface area contributed by atoms with E-state index in [4.69, 9.17) is 10.9 Å². The second kappa shape index (κ2) is 5.15. The Morgan fingerprint density at radius 3 is 2.80 bits per heavy atom. The minimum absolute atomic E-state index is 0.0852. The summed E-state index contributed by atoms with van der Waals surface area (Å²) < 4.78 is 0. The topological polar surface area (TPSA) is 87.7 Å². The number of benzene rings is 1. The van der Waals surface area contributed by atoms with E-state index in [0.29, 0.717) is 11.5 Å². The molecule has 1 fully saturated rings. The molecule has 0 saturated heterocycles. The van der Waals surface area contributed by atoms with Crippen molar-refractivity contribution in [2.75, 3.05) is 0 Å². The number of carbonyl (C=O) groups is 1. The van der Waals surface area contributed by atoms with Gasteiger partial charge in [0, 0.05) is 5.56 Å². The highest BCUT2D eigenvalue weighted by molar-refractivity contribution is 5.98. The third-order valence-corrected chi connectivity index (χ3v) is 4.17. The quantitative estimate of drug-likeness (QED) is 0.335. The van der Waals surface area contributed by atoms with Crippen molar-refractivity contribution >= 4 is 11.7 Å². The fourth-order valence-corrected chi connectivity index (χ4v) is 2.86. The Balaban J connectivity index is 1.75. The van der Waals surface area contributed by atoms with Crippen LogP contribution in [0.25, 0.3) is 0 Å². The number of hydrogen-bond acceptors (Lipinski definition) is 3. The van der Waals surface area contributed by atoms with Gasteiger partial charge < -0.3 is 16.3 Å². The summed E-state index contributed by atoms with van der Waals surface area (Å²) >= 11 is 0. The number of aryl methyl sites for hydroxylation is 2. The van der Waals surface area contributed by atoms with Crippen molar-refractivity contribution in [1.29, 1.82) is 0 Å². The van der Waals surface area contributed by atoms with Gasteiger partial charge in [-0.1, -0.05) is 11.2 Å². The highest BCUT2D eigenvalue weighted by Gasteiger charge is 2.35. The SMILES string of the molecule is NC(=NO)C(NC(=O)c1ccc2c(c1)CCC2)C1CC1. The van der Waals surface area contributed by atoms with E-state index in [1.54, 1.807) is 0 Å². The zero-order valence-electron chi connectivity index (χ0n) is 11.3. The lowest BCUT2D eigenvalue weighted by molar-refractivity contribution is 0.0943. The van der Waals surface area contributed by atoms with Crippen molar-refractivity contribution in [3.8, 4) is 0 Å². The van der Waals surface area contributed by atoms with Crippen molar-refractivity contribution in [2.24, 2.45) is 16.8 Å². The van der Waals surface area contributed by atoms with Gasteiger partial charge in [-0.05, 0) is 61.3 Å². The molecule has 0 bridgehead atoms. The molecule has 1 aromatic carbocycles. The molecule has 0 aromatic heterocycles. The van der Waals surface area contributed by atoms with E-state index in [1.165, 1.54) is 11.1 Å². The van der Waals surface area contributed by atoms with Gasteiger partial charge in [0.25, 0.3) is 5.91 Å². The Bertz CT molecular complexity index is 564. The molecule has 106 valence electrons. The predicted octanol–water partition coefficient (Wildman–Crippen LogP) is 1.43. The van der Waals surface area contributed by atoms with Gasteiger partial charge in [0.05, 0.1) is 6.04 Å². The normalized spacial score (nSPS) is 19.5. The molecule has 0 aliphatic heterocycles. The van der Waals surface area contributed by atoms with E-state index >= 15 is 0 Å². The van der Waals surface area contributed by atoms with E-state index in [9.17, 15) is 4.79 Å². The second-order valence-electron chi connectivity index (χ2n) is 5.65. The van der Waals surface area contributed by atoms with Crippen LogP contribution < -0.4 is 11.1 Å². The molecule has 0 radical (unpaired) electrons. The summed E-state index contributed by atoms with van der Waals surface area (Å²) in [5.74, 6) is 0.231. The lowest BCUT2D eigenvalue weighted by Crippen LogP contribution is -2.46. The van der Waals surface area contributed by atoms with Crippen LogP contribution in [-0.2, 0) is 12.8 Å². The molecule has 0 spiro atoms. The first-order chi connectivity index (χ1) is 9.69. The van der Waals surface area contributed by atoms with Crippen LogP contribution in [0.2, 0.25) is 0 Å². The Morgan fingerprint density at radius 2 is 2.10 bits per heavy atom. The highest BCUT2D eigenvalue weighted by atomic mass is 16.4. The molecule has 4 N–H and O–H groups in total. The van der Waals surface area contributed by atoms with Crippen LogP contribution in [0.5, 0.6) is 0 Å². The van der Waals surface area contributed by atoms with Crippen LogP contribution in [-0.4, -0.2) is 23.0 Å². The van der Waals surface area contributed by atoms with Crippen molar-refractivity contribution < 1.29 is 10.0 Å². The minimum Gasteiger partial charge on any atom is -0.409 e. The number of fused-ring (bicyclic) bond motifs is 1. The molecule has 1 amide bonds. The number of carbonyl (C=O) groups excluding carboxylic acids is 1. The maximum Gasteiger partial charge on any atom is 0.251 e. The summed E-state index contributed by atoms with van der Waals surface area (Å²) in [5, 5.41) is 14.7. The summed E-state index contributed by atoms with van der Waals surface area (Å²) in [6.45, 7) is 0. The van der Waals surface area contributed by atoms with Crippen LogP contribution in [0.15, 0.2) is 23.4 Å². The Morgan fingerprint density at radius 1 is 1.35 bits per heavy atom. The standard InChI is InChI=1S/C15H19N3O2/c16-14(18-20)13(10-5-6-10)17-15(19)12-7-4-9-2-1-3-11(9)8-12/h4,7-8,10,13,20H,1-3,5-6H2,(H2,16,18)(H,17,19). The molecule has 1 aromatic rings. The molecule has 5 nitrogen and oxygen atoms in total. The number of amidine groups is 1. The summed E-state index contributed by atoms with van der Waals surface area (Å²) in [4.78, 5) is 12.3. The maximum atomic E-state index is 12.3. The lowest BCUT2D eigenvalue weighted by Gasteiger charge is -2.17. The van der Waals surface area contributed by atoms with E-state index < -0.39 is 0 Å². The van der Waals surface area contributed by atoms with Gasteiger partial charge >= 0.3 is 0 Å². The summed E-state index contributed by atoms with van der Waals surface area (Å²) in [7, 11) is 0. The Hall–Kier alpha value is -2.04. The van der Waals surface area contributed by atoms with Crippen molar-refractivity contribution in [1.82, 2.24) is 5.32 Å². The molecule has 2 aliphatic rings.